The summed E-state index contributed by atoms with van der Waals surface area (Å²) in [5, 5.41) is 8.95. The minimum atomic E-state index is -0.905. The molecule has 0 bridgehead atoms. The van der Waals surface area contributed by atoms with Crippen LogP contribution in [0.3, 0.4) is 0 Å². The summed E-state index contributed by atoms with van der Waals surface area (Å²) in [7, 11) is 0. The summed E-state index contributed by atoms with van der Waals surface area (Å²) < 4.78 is 5.73. The van der Waals surface area contributed by atoms with Gasteiger partial charge < -0.3 is 9.84 Å². The van der Waals surface area contributed by atoms with Gasteiger partial charge in [-0.25, -0.2) is 4.79 Å². The first-order valence-electron chi connectivity index (χ1n) is 7.66. The number of hydrogen-bond acceptors (Lipinski definition) is 2. The van der Waals surface area contributed by atoms with Crippen LogP contribution >= 0.6 is 0 Å². The number of hydrogen-bond donors (Lipinski definition) is 1. The fourth-order valence-electron chi connectivity index (χ4n) is 2.82. The summed E-state index contributed by atoms with van der Waals surface area (Å²) >= 11 is 0. The van der Waals surface area contributed by atoms with Crippen molar-refractivity contribution in [2.45, 2.75) is 26.2 Å². The van der Waals surface area contributed by atoms with E-state index in [2.05, 4.69) is 39.0 Å². The molecule has 0 saturated heterocycles. The Morgan fingerprint density at radius 3 is 2.43 bits per heavy atom. The van der Waals surface area contributed by atoms with Gasteiger partial charge in [-0.15, -0.1) is 0 Å². The number of benzene rings is 2. The van der Waals surface area contributed by atoms with Gasteiger partial charge in [-0.2, -0.15) is 0 Å². The van der Waals surface area contributed by atoms with Crippen LogP contribution in [0.15, 0.2) is 42.5 Å². The molecule has 0 radical (unpaired) electrons. The van der Waals surface area contributed by atoms with Crippen molar-refractivity contribution in [3.05, 3.63) is 64.7 Å². The lowest BCUT2D eigenvalue weighted by Crippen LogP contribution is -2.18. The van der Waals surface area contributed by atoms with E-state index < -0.39 is 5.97 Å². The van der Waals surface area contributed by atoms with E-state index in [1.807, 2.05) is 18.2 Å². The third-order valence-electron chi connectivity index (χ3n) is 4.29. The molecule has 1 aliphatic heterocycles. The molecule has 0 spiro atoms. The zero-order valence-electron chi connectivity index (χ0n) is 13.6. The number of fused-ring (bicyclic) bond motifs is 1. The van der Waals surface area contributed by atoms with Gasteiger partial charge in [0.2, 0.25) is 0 Å². The van der Waals surface area contributed by atoms with Crippen molar-refractivity contribution in [3.8, 4) is 5.75 Å². The predicted molar refractivity (Wildman–Crippen MR) is 91.9 cm³/mol. The fraction of sp³-hybridized carbons (Fsp3) is 0.250. The number of rotatable bonds is 3. The molecule has 0 fully saturated rings. The second kappa shape index (κ2) is 5.58. The van der Waals surface area contributed by atoms with Gasteiger partial charge in [-0.05, 0) is 47.9 Å². The van der Waals surface area contributed by atoms with E-state index in [1.165, 1.54) is 5.56 Å². The summed E-state index contributed by atoms with van der Waals surface area (Å²) in [6.07, 6.45) is 2.07. The number of ether oxygens (including phenoxy) is 1. The normalized spacial score (nSPS) is 15.9. The Balaban J connectivity index is 1.91. The maximum atomic E-state index is 10.9. The lowest BCUT2D eigenvalue weighted by Gasteiger charge is -2.16. The van der Waals surface area contributed by atoms with E-state index in [0.717, 1.165) is 22.4 Å². The third kappa shape index (κ3) is 3.00. The van der Waals surface area contributed by atoms with Crippen LogP contribution < -0.4 is 4.74 Å². The highest BCUT2D eigenvalue weighted by atomic mass is 16.5. The van der Waals surface area contributed by atoms with Crippen LogP contribution in [0.25, 0.3) is 11.6 Å². The van der Waals surface area contributed by atoms with Gasteiger partial charge in [-0.3, -0.25) is 0 Å². The molecule has 2 aromatic rings. The molecule has 118 valence electrons. The fourth-order valence-corrected chi connectivity index (χ4v) is 2.82. The minimum absolute atomic E-state index is 0.0365. The highest BCUT2D eigenvalue weighted by Crippen LogP contribution is 2.39. The summed E-state index contributed by atoms with van der Waals surface area (Å²) in [6, 6.07) is 13.2. The molecule has 3 rings (SSSR count). The van der Waals surface area contributed by atoms with Gasteiger partial charge in [0.25, 0.3) is 0 Å². The number of carboxylic acid groups (broad SMARTS) is 1. The molecule has 1 heterocycles. The number of aromatic carboxylic acids is 1. The Hall–Kier alpha value is -2.55. The van der Waals surface area contributed by atoms with Crippen LogP contribution in [-0.4, -0.2) is 17.7 Å². The van der Waals surface area contributed by atoms with Crippen molar-refractivity contribution in [1.82, 2.24) is 0 Å². The molecule has 3 heteroatoms. The highest BCUT2D eigenvalue weighted by molar-refractivity contribution is 5.88. The predicted octanol–water partition coefficient (Wildman–Crippen LogP) is 4.62. The van der Waals surface area contributed by atoms with Crippen molar-refractivity contribution in [1.29, 1.82) is 0 Å². The highest BCUT2D eigenvalue weighted by Gasteiger charge is 2.31. The molecule has 0 atom stereocenters. The van der Waals surface area contributed by atoms with Crippen LogP contribution in [-0.2, 0) is 5.41 Å². The van der Waals surface area contributed by atoms with Gasteiger partial charge in [0.05, 0.1) is 12.2 Å². The zero-order valence-corrected chi connectivity index (χ0v) is 13.6. The summed E-state index contributed by atoms with van der Waals surface area (Å²) in [4.78, 5) is 10.9. The summed E-state index contributed by atoms with van der Waals surface area (Å²) in [5.41, 5.74) is 4.86. The molecule has 0 saturated carbocycles. The largest absolute Gasteiger partial charge is 0.492 e. The van der Waals surface area contributed by atoms with E-state index in [1.54, 1.807) is 12.1 Å². The molecule has 0 unspecified atom stereocenters. The van der Waals surface area contributed by atoms with Crippen LogP contribution in [0, 0.1) is 0 Å². The zero-order chi connectivity index (χ0) is 16.6. The van der Waals surface area contributed by atoms with Crippen molar-refractivity contribution in [2.75, 3.05) is 6.61 Å². The Kier molecular flexibility index (Phi) is 3.72. The average Bonchev–Trinajstić information content (AvgIpc) is 2.83. The van der Waals surface area contributed by atoms with Gasteiger partial charge in [0.15, 0.2) is 0 Å². The number of carboxylic acids is 1. The van der Waals surface area contributed by atoms with Crippen LogP contribution in [0.2, 0.25) is 0 Å². The minimum Gasteiger partial charge on any atom is -0.492 e. The van der Waals surface area contributed by atoms with E-state index in [4.69, 9.17) is 9.84 Å². The van der Waals surface area contributed by atoms with Gasteiger partial charge in [-0.1, -0.05) is 38.1 Å². The monoisotopic (exact) mass is 308 g/mol. The average molecular weight is 308 g/mol. The van der Waals surface area contributed by atoms with Crippen molar-refractivity contribution in [3.63, 3.8) is 0 Å². The first-order chi connectivity index (χ1) is 10.9. The van der Waals surface area contributed by atoms with Crippen molar-refractivity contribution in [2.24, 2.45) is 0 Å². The molecule has 2 aromatic carbocycles. The number of carbonyl (C=O) groups is 1. The Bertz CT molecular complexity index is 783. The smallest absolute Gasteiger partial charge is 0.335 e. The first-order valence-corrected chi connectivity index (χ1v) is 7.66. The van der Waals surface area contributed by atoms with Crippen LogP contribution in [0.4, 0.5) is 0 Å². The topological polar surface area (TPSA) is 46.5 Å². The molecule has 0 amide bonds. The Morgan fingerprint density at radius 2 is 1.78 bits per heavy atom. The van der Waals surface area contributed by atoms with Crippen LogP contribution in [0.5, 0.6) is 5.75 Å². The van der Waals surface area contributed by atoms with Crippen molar-refractivity contribution < 1.29 is 14.6 Å². The van der Waals surface area contributed by atoms with E-state index >= 15 is 0 Å². The van der Waals surface area contributed by atoms with Crippen LogP contribution in [0.1, 0.15) is 47.8 Å². The molecule has 0 aromatic heterocycles. The van der Waals surface area contributed by atoms with E-state index in [9.17, 15) is 4.79 Å². The molecule has 3 nitrogen and oxygen atoms in total. The molecule has 23 heavy (non-hydrogen) atoms. The quantitative estimate of drug-likeness (QED) is 0.842. The second-order valence-electron chi connectivity index (χ2n) is 6.64. The van der Waals surface area contributed by atoms with Crippen molar-refractivity contribution >= 4 is 17.6 Å². The van der Waals surface area contributed by atoms with Gasteiger partial charge >= 0.3 is 5.97 Å². The summed E-state index contributed by atoms with van der Waals surface area (Å²) in [5.74, 6) is 0.0652. The maximum absolute atomic E-state index is 10.9. The molecule has 1 aliphatic rings. The summed E-state index contributed by atoms with van der Waals surface area (Å²) in [6.45, 7) is 7.15. The molecular weight excluding hydrogens is 288 g/mol. The number of allylic oxidation sites excluding steroid dienone is 1. The second-order valence-corrected chi connectivity index (χ2v) is 6.64. The van der Waals surface area contributed by atoms with Gasteiger partial charge in [0, 0.05) is 11.0 Å². The molecule has 1 N–H and O–H groups in total. The van der Waals surface area contributed by atoms with Gasteiger partial charge in [0.1, 0.15) is 5.75 Å². The maximum Gasteiger partial charge on any atom is 0.335 e. The first kappa shape index (κ1) is 15.3. The SMILES string of the molecule is CC(=Cc1ccc(C(=O)O)cc1)c1ccc2c(c1)C(C)(C)CO2. The molecule has 0 aliphatic carbocycles. The van der Waals surface area contributed by atoms with E-state index in [0.29, 0.717) is 12.2 Å². The lowest BCUT2D eigenvalue weighted by atomic mass is 9.85. The van der Waals surface area contributed by atoms with E-state index in [-0.39, 0.29) is 5.41 Å². The Labute approximate surface area is 136 Å². The lowest BCUT2D eigenvalue weighted by molar-refractivity contribution is 0.0697. The standard InChI is InChI=1S/C20H20O3/c1-13(10-14-4-6-15(7-5-14)19(21)22)16-8-9-18-17(11-16)20(2,3)12-23-18/h4-11H,12H2,1-3H3,(H,21,22). The molecular formula is C20H20O3. The third-order valence-corrected chi connectivity index (χ3v) is 4.29. The Morgan fingerprint density at radius 1 is 1.13 bits per heavy atom.